The Labute approximate surface area is 118 Å². The van der Waals surface area contributed by atoms with E-state index in [0.29, 0.717) is 15.5 Å². The highest BCUT2D eigenvalue weighted by atomic mass is 32.2. The van der Waals surface area contributed by atoms with Gasteiger partial charge < -0.3 is 5.11 Å². The van der Waals surface area contributed by atoms with Crippen LogP contribution in [0.2, 0.25) is 0 Å². The molecule has 0 bridgehead atoms. The first-order chi connectivity index (χ1) is 9.49. The third-order valence-electron chi connectivity index (χ3n) is 2.59. The Hall–Kier alpha value is -2.41. The summed E-state index contributed by atoms with van der Waals surface area (Å²) in [6, 6.07) is 7.73. The molecule has 20 heavy (non-hydrogen) atoms. The van der Waals surface area contributed by atoms with Crippen LogP contribution in [-0.4, -0.2) is 21.0 Å². The monoisotopic (exact) mass is 290 g/mol. The molecule has 0 atom stereocenters. The van der Waals surface area contributed by atoms with E-state index in [4.69, 9.17) is 5.11 Å². The number of pyridine rings is 1. The predicted octanol–water partition coefficient (Wildman–Crippen LogP) is 3.15. The molecular formula is C13H10N2O4S. The SMILES string of the molecule is Cc1ccc(Sc2ncccc2C(=O)O)cc1[N+](=O)[O-]. The number of nitro benzene ring substituents is 1. The maximum atomic E-state index is 11.1. The van der Waals surface area contributed by atoms with Gasteiger partial charge in [-0.25, -0.2) is 9.78 Å². The molecule has 0 radical (unpaired) electrons. The van der Waals surface area contributed by atoms with E-state index in [1.807, 2.05) is 0 Å². The summed E-state index contributed by atoms with van der Waals surface area (Å²) < 4.78 is 0. The molecule has 2 aromatic rings. The fraction of sp³-hybridized carbons (Fsp3) is 0.0769. The smallest absolute Gasteiger partial charge is 0.338 e. The number of nitro groups is 1. The minimum absolute atomic E-state index is 0.00260. The van der Waals surface area contributed by atoms with Gasteiger partial charge >= 0.3 is 5.97 Å². The Kier molecular flexibility index (Phi) is 3.99. The molecule has 0 aliphatic heterocycles. The standard InChI is InChI=1S/C13H10N2O4S/c1-8-4-5-9(7-11(8)15(18)19)20-12-10(13(16)17)3-2-6-14-12/h2-7H,1H3,(H,16,17). The second-order valence-corrected chi connectivity index (χ2v) is 5.03. The maximum absolute atomic E-state index is 11.1. The highest BCUT2D eigenvalue weighted by Crippen LogP contribution is 2.32. The topological polar surface area (TPSA) is 93.3 Å². The lowest BCUT2D eigenvalue weighted by atomic mass is 10.2. The lowest BCUT2D eigenvalue weighted by molar-refractivity contribution is -0.385. The molecule has 0 unspecified atom stereocenters. The Morgan fingerprint density at radius 1 is 1.40 bits per heavy atom. The summed E-state index contributed by atoms with van der Waals surface area (Å²) in [4.78, 5) is 26.1. The zero-order chi connectivity index (χ0) is 14.7. The molecule has 0 aliphatic carbocycles. The maximum Gasteiger partial charge on any atom is 0.338 e. The zero-order valence-corrected chi connectivity index (χ0v) is 11.3. The van der Waals surface area contributed by atoms with Gasteiger partial charge in [0.2, 0.25) is 0 Å². The van der Waals surface area contributed by atoms with E-state index in [1.165, 1.54) is 24.4 Å². The van der Waals surface area contributed by atoms with Crippen LogP contribution in [0.1, 0.15) is 15.9 Å². The number of carboxylic acid groups (broad SMARTS) is 1. The molecule has 1 aromatic carbocycles. The van der Waals surface area contributed by atoms with E-state index in [9.17, 15) is 14.9 Å². The first kappa shape index (κ1) is 14.0. The summed E-state index contributed by atoms with van der Waals surface area (Å²) in [6.45, 7) is 1.65. The Morgan fingerprint density at radius 2 is 2.15 bits per heavy atom. The molecule has 1 N–H and O–H groups in total. The third-order valence-corrected chi connectivity index (χ3v) is 3.60. The number of hydrogen-bond acceptors (Lipinski definition) is 5. The van der Waals surface area contributed by atoms with Gasteiger partial charge in [-0.2, -0.15) is 0 Å². The van der Waals surface area contributed by atoms with E-state index >= 15 is 0 Å². The summed E-state index contributed by atoms with van der Waals surface area (Å²) in [7, 11) is 0. The van der Waals surface area contributed by atoms with Crippen molar-refractivity contribution in [2.24, 2.45) is 0 Å². The second kappa shape index (κ2) is 5.70. The lowest BCUT2D eigenvalue weighted by Crippen LogP contribution is -2.00. The first-order valence-electron chi connectivity index (χ1n) is 5.60. The van der Waals surface area contributed by atoms with Crippen LogP contribution in [0.5, 0.6) is 0 Å². The minimum Gasteiger partial charge on any atom is -0.478 e. The molecule has 7 heteroatoms. The average molecular weight is 290 g/mol. The van der Waals surface area contributed by atoms with Gasteiger partial charge in [-0.15, -0.1) is 0 Å². The molecule has 0 amide bonds. The van der Waals surface area contributed by atoms with Crippen LogP contribution < -0.4 is 0 Å². The number of carbonyl (C=O) groups is 1. The largest absolute Gasteiger partial charge is 0.478 e. The van der Waals surface area contributed by atoms with Crippen molar-refractivity contribution in [2.75, 3.05) is 0 Å². The average Bonchev–Trinajstić information content (AvgIpc) is 2.41. The highest BCUT2D eigenvalue weighted by Gasteiger charge is 2.15. The first-order valence-corrected chi connectivity index (χ1v) is 6.42. The van der Waals surface area contributed by atoms with Gasteiger partial charge in [0.25, 0.3) is 5.69 Å². The molecule has 102 valence electrons. The van der Waals surface area contributed by atoms with Gasteiger partial charge in [0.15, 0.2) is 0 Å². The molecule has 0 fully saturated rings. The number of aromatic nitrogens is 1. The van der Waals surface area contributed by atoms with Crippen molar-refractivity contribution in [3.05, 3.63) is 57.8 Å². The minimum atomic E-state index is -1.08. The number of carboxylic acids is 1. The van der Waals surface area contributed by atoms with Crippen LogP contribution in [0.25, 0.3) is 0 Å². The fourth-order valence-electron chi connectivity index (χ4n) is 1.60. The van der Waals surface area contributed by atoms with Gasteiger partial charge in [0.05, 0.1) is 10.5 Å². The normalized spacial score (nSPS) is 10.2. The summed E-state index contributed by atoms with van der Waals surface area (Å²) >= 11 is 1.09. The van der Waals surface area contributed by atoms with E-state index < -0.39 is 10.9 Å². The Morgan fingerprint density at radius 3 is 2.80 bits per heavy atom. The van der Waals surface area contributed by atoms with Crippen molar-refractivity contribution in [1.82, 2.24) is 4.98 Å². The number of aromatic carboxylic acids is 1. The number of nitrogens with zero attached hydrogens (tertiary/aromatic N) is 2. The molecule has 0 saturated carbocycles. The molecule has 0 aliphatic rings. The van der Waals surface area contributed by atoms with Crippen molar-refractivity contribution < 1.29 is 14.8 Å². The molecular weight excluding hydrogens is 280 g/mol. The van der Waals surface area contributed by atoms with Crippen molar-refractivity contribution in [2.45, 2.75) is 16.8 Å². The van der Waals surface area contributed by atoms with E-state index in [0.717, 1.165) is 11.8 Å². The molecule has 2 rings (SSSR count). The third kappa shape index (κ3) is 2.94. The second-order valence-electron chi connectivity index (χ2n) is 3.97. The predicted molar refractivity (Wildman–Crippen MR) is 73.2 cm³/mol. The summed E-state index contributed by atoms with van der Waals surface area (Å²) in [5.74, 6) is -1.08. The molecule has 1 heterocycles. The van der Waals surface area contributed by atoms with E-state index in [-0.39, 0.29) is 11.3 Å². The quantitative estimate of drug-likeness (QED) is 0.686. The summed E-state index contributed by atoms with van der Waals surface area (Å²) in [6.07, 6.45) is 1.48. The lowest BCUT2D eigenvalue weighted by Gasteiger charge is -2.05. The number of benzene rings is 1. The Bertz CT molecular complexity index is 688. The van der Waals surface area contributed by atoms with Crippen LogP contribution in [0.3, 0.4) is 0 Å². The summed E-state index contributed by atoms with van der Waals surface area (Å²) in [5, 5.41) is 20.3. The van der Waals surface area contributed by atoms with E-state index in [1.54, 1.807) is 19.1 Å². The van der Waals surface area contributed by atoms with Gasteiger partial charge in [-0.1, -0.05) is 17.8 Å². The van der Waals surface area contributed by atoms with Crippen molar-refractivity contribution >= 4 is 23.4 Å². The number of rotatable bonds is 4. The molecule has 1 aromatic heterocycles. The van der Waals surface area contributed by atoms with Crippen molar-refractivity contribution in [1.29, 1.82) is 0 Å². The van der Waals surface area contributed by atoms with Gasteiger partial charge in [-0.3, -0.25) is 10.1 Å². The number of aryl methyl sites for hydroxylation is 1. The molecule has 0 saturated heterocycles. The van der Waals surface area contributed by atoms with Gasteiger partial charge in [0, 0.05) is 22.7 Å². The zero-order valence-electron chi connectivity index (χ0n) is 10.4. The number of hydrogen-bond donors (Lipinski definition) is 1. The Balaban J connectivity index is 2.38. The van der Waals surface area contributed by atoms with Crippen LogP contribution in [0.4, 0.5) is 5.69 Å². The molecule has 6 nitrogen and oxygen atoms in total. The van der Waals surface area contributed by atoms with Crippen molar-refractivity contribution in [3.8, 4) is 0 Å². The van der Waals surface area contributed by atoms with Crippen molar-refractivity contribution in [3.63, 3.8) is 0 Å². The van der Waals surface area contributed by atoms with Crippen LogP contribution in [0.15, 0.2) is 46.5 Å². The van der Waals surface area contributed by atoms with Crippen LogP contribution in [-0.2, 0) is 0 Å². The van der Waals surface area contributed by atoms with Gasteiger partial charge in [0.1, 0.15) is 5.03 Å². The fourth-order valence-corrected chi connectivity index (χ4v) is 2.50. The van der Waals surface area contributed by atoms with Crippen LogP contribution >= 0.6 is 11.8 Å². The highest BCUT2D eigenvalue weighted by molar-refractivity contribution is 7.99. The summed E-state index contributed by atoms with van der Waals surface area (Å²) in [5.41, 5.74) is 0.627. The van der Waals surface area contributed by atoms with Gasteiger partial charge in [-0.05, 0) is 25.1 Å². The molecule has 0 spiro atoms. The van der Waals surface area contributed by atoms with Crippen LogP contribution in [0, 0.1) is 17.0 Å². The van der Waals surface area contributed by atoms with E-state index in [2.05, 4.69) is 4.98 Å².